The van der Waals surface area contributed by atoms with Gasteiger partial charge in [0.1, 0.15) is 16.4 Å². The molecule has 2 N–H and O–H groups in total. The Balaban J connectivity index is 2.07. The molecule has 0 aromatic heterocycles. The molecular weight excluding hydrogens is 366 g/mol. The number of aliphatic hydroxyl groups excluding tert-OH is 1. The summed E-state index contributed by atoms with van der Waals surface area (Å²) in [6.45, 7) is 0. The molecule has 0 bridgehead atoms. The standard InChI is InChI=1S/C20H17NO5S/c1-25-14-10-6-7-12(17(14)22)11-15-18(23)16(20(24)26-2)19(27-15)21-13-8-4-3-5-9-13/h3-11,22-23H,1-2H3/b15-11+,21-19?. The Bertz CT molecular complexity index is 964. The van der Waals surface area contributed by atoms with E-state index in [0.29, 0.717) is 26.9 Å². The highest BCUT2D eigenvalue weighted by atomic mass is 32.2. The zero-order valence-electron chi connectivity index (χ0n) is 14.7. The highest BCUT2D eigenvalue weighted by molar-refractivity contribution is 8.18. The quantitative estimate of drug-likeness (QED) is 0.769. The molecule has 7 heteroatoms. The van der Waals surface area contributed by atoms with Gasteiger partial charge in [0.05, 0.1) is 24.8 Å². The molecule has 1 aliphatic rings. The van der Waals surface area contributed by atoms with E-state index in [-0.39, 0.29) is 17.1 Å². The van der Waals surface area contributed by atoms with Gasteiger partial charge in [0.25, 0.3) is 0 Å². The normalized spacial score (nSPS) is 16.8. The van der Waals surface area contributed by atoms with E-state index in [1.807, 2.05) is 18.2 Å². The summed E-state index contributed by atoms with van der Waals surface area (Å²) in [6.07, 6.45) is 1.56. The molecule has 2 aromatic rings. The zero-order valence-corrected chi connectivity index (χ0v) is 15.5. The highest BCUT2D eigenvalue weighted by Crippen LogP contribution is 2.41. The zero-order chi connectivity index (χ0) is 19.4. The number of methoxy groups -OCH3 is 2. The van der Waals surface area contributed by atoms with E-state index >= 15 is 0 Å². The van der Waals surface area contributed by atoms with Gasteiger partial charge in [-0.05, 0) is 24.3 Å². The fraction of sp³-hybridized carbons (Fsp3) is 0.100. The predicted octanol–water partition coefficient (Wildman–Crippen LogP) is 4.20. The Morgan fingerprint density at radius 1 is 1.07 bits per heavy atom. The molecule has 0 fully saturated rings. The van der Waals surface area contributed by atoms with E-state index in [9.17, 15) is 15.0 Å². The lowest BCUT2D eigenvalue weighted by molar-refractivity contribution is -0.135. The third-order valence-corrected chi connectivity index (χ3v) is 4.82. The average Bonchev–Trinajstić information content (AvgIpc) is 2.98. The maximum atomic E-state index is 12.2. The van der Waals surface area contributed by atoms with Gasteiger partial charge in [-0.2, -0.15) is 0 Å². The van der Waals surface area contributed by atoms with Crippen LogP contribution in [0.3, 0.4) is 0 Å². The van der Waals surface area contributed by atoms with E-state index in [1.165, 1.54) is 14.2 Å². The second-order valence-corrected chi connectivity index (χ2v) is 6.51. The van der Waals surface area contributed by atoms with E-state index < -0.39 is 5.97 Å². The SMILES string of the molecule is COC(=O)C1=C(O)/C(=C\c2cccc(OC)c2O)SC1=Nc1ccccc1. The van der Waals surface area contributed by atoms with Crippen LogP contribution in [0.1, 0.15) is 5.56 Å². The van der Waals surface area contributed by atoms with Gasteiger partial charge < -0.3 is 19.7 Å². The predicted molar refractivity (Wildman–Crippen MR) is 105 cm³/mol. The third-order valence-electron chi connectivity index (χ3n) is 3.80. The summed E-state index contributed by atoms with van der Waals surface area (Å²) in [7, 11) is 2.69. The van der Waals surface area contributed by atoms with Crippen LogP contribution in [-0.4, -0.2) is 35.4 Å². The number of aromatic hydroxyl groups is 1. The van der Waals surface area contributed by atoms with Crippen molar-refractivity contribution in [1.82, 2.24) is 0 Å². The number of aliphatic imine (C=N–C) groups is 1. The molecule has 0 unspecified atom stereocenters. The molecule has 6 nitrogen and oxygen atoms in total. The molecule has 0 atom stereocenters. The van der Waals surface area contributed by atoms with Crippen molar-refractivity contribution in [2.45, 2.75) is 0 Å². The summed E-state index contributed by atoms with van der Waals surface area (Å²) in [5.74, 6) is -0.687. The molecule has 1 heterocycles. The number of ether oxygens (including phenoxy) is 2. The molecule has 1 aliphatic heterocycles. The number of carbonyl (C=O) groups excluding carboxylic acids is 1. The lowest BCUT2D eigenvalue weighted by atomic mass is 10.1. The monoisotopic (exact) mass is 383 g/mol. The minimum absolute atomic E-state index is 0.0139. The van der Waals surface area contributed by atoms with Crippen molar-refractivity contribution in [3.05, 3.63) is 70.3 Å². The number of hydrogen-bond donors (Lipinski definition) is 2. The highest BCUT2D eigenvalue weighted by Gasteiger charge is 2.33. The maximum absolute atomic E-state index is 12.2. The van der Waals surface area contributed by atoms with Crippen LogP contribution in [0.5, 0.6) is 11.5 Å². The maximum Gasteiger partial charge on any atom is 0.344 e. The minimum atomic E-state index is -0.687. The second-order valence-electron chi connectivity index (χ2n) is 5.48. The van der Waals surface area contributed by atoms with Crippen molar-refractivity contribution >= 4 is 34.5 Å². The summed E-state index contributed by atoms with van der Waals surface area (Å²) >= 11 is 1.12. The average molecular weight is 383 g/mol. The smallest absolute Gasteiger partial charge is 0.344 e. The summed E-state index contributed by atoms with van der Waals surface area (Å²) in [5.41, 5.74) is 1.06. The van der Waals surface area contributed by atoms with Crippen LogP contribution in [0.25, 0.3) is 6.08 Å². The number of phenols is 1. The summed E-state index contributed by atoms with van der Waals surface area (Å²) < 4.78 is 9.88. The number of para-hydroxylation sites is 2. The number of rotatable bonds is 4. The molecule has 0 radical (unpaired) electrons. The molecule has 2 aromatic carbocycles. The van der Waals surface area contributed by atoms with Crippen molar-refractivity contribution in [1.29, 1.82) is 0 Å². The van der Waals surface area contributed by atoms with Crippen molar-refractivity contribution < 1.29 is 24.5 Å². The Hall–Kier alpha value is -3.19. The Kier molecular flexibility index (Phi) is 5.52. The van der Waals surface area contributed by atoms with Crippen LogP contribution in [0.4, 0.5) is 5.69 Å². The molecule has 0 spiro atoms. The molecule has 0 aliphatic carbocycles. The molecule has 0 saturated heterocycles. The third kappa shape index (κ3) is 3.83. The van der Waals surface area contributed by atoms with Crippen LogP contribution in [-0.2, 0) is 9.53 Å². The van der Waals surface area contributed by atoms with Gasteiger partial charge in [0, 0.05) is 5.56 Å². The lowest BCUT2D eigenvalue weighted by Crippen LogP contribution is -2.10. The van der Waals surface area contributed by atoms with Crippen LogP contribution < -0.4 is 4.74 Å². The number of esters is 1. The molecular formula is C20H17NO5S. The van der Waals surface area contributed by atoms with Crippen LogP contribution >= 0.6 is 11.8 Å². The van der Waals surface area contributed by atoms with E-state index in [4.69, 9.17) is 9.47 Å². The number of benzene rings is 2. The fourth-order valence-corrected chi connectivity index (χ4v) is 3.50. The minimum Gasteiger partial charge on any atom is -0.506 e. The number of hydrogen-bond acceptors (Lipinski definition) is 7. The van der Waals surface area contributed by atoms with E-state index in [1.54, 1.807) is 36.4 Å². The van der Waals surface area contributed by atoms with Gasteiger partial charge in [-0.1, -0.05) is 42.1 Å². The first-order valence-corrected chi connectivity index (χ1v) is 8.78. The number of nitrogens with zero attached hydrogens (tertiary/aromatic N) is 1. The molecule has 0 saturated carbocycles. The number of carbonyl (C=O) groups is 1. The molecule has 0 amide bonds. The van der Waals surface area contributed by atoms with Crippen LogP contribution in [0.15, 0.2) is 69.8 Å². The van der Waals surface area contributed by atoms with E-state index in [2.05, 4.69) is 4.99 Å². The van der Waals surface area contributed by atoms with Crippen molar-refractivity contribution in [2.75, 3.05) is 14.2 Å². The van der Waals surface area contributed by atoms with Gasteiger partial charge in [0.15, 0.2) is 11.5 Å². The van der Waals surface area contributed by atoms with Crippen molar-refractivity contribution in [3.63, 3.8) is 0 Å². The number of aliphatic hydroxyl groups is 1. The summed E-state index contributed by atoms with van der Waals surface area (Å²) in [4.78, 5) is 17.0. The second kappa shape index (κ2) is 8.01. The first kappa shape index (κ1) is 18.6. The fourth-order valence-electron chi connectivity index (χ4n) is 2.47. The van der Waals surface area contributed by atoms with Gasteiger partial charge in [-0.15, -0.1) is 0 Å². The van der Waals surface area contributed by atoms with Gasteiger partial charge in [-0.25, -0.2) is 9.79 Å². The van der Waals surface area contributed by atoms with Gasteiger partial charge >= 0.3 is 5.97 Å². The van der Waals surface area contributed by atoms with E-state index in [0.717, 1.165) is 11.8 Å². The Morgan fingerprint density at radius 2 is 1.81 bits per heavy atom. The number of thioether (sulfide) groups is 1. The van der Waals surface area contributed by atoms with Gasteiger partial charge in [0.2, 0.25) is 0 Å². The first-order valence-electron chi connectivity index (χ1n) is 7.96. The summed E-state index contributed by atoms with van der Waals surface area (Å²) in [6, 6.07) is 14.1. The van der Waals surface area contributed by atoms with Crippen molar-refractivity contribution in [2.24, 2.45) is 4.99 Å². The number of phenolic OH excluding ortho intramolecular Hbond substituents is 1. The van der Waals surface area contributed by atoms with Crippen molar-refractivity contribution in [3.8, 4) is 11.5 Å². The Labute approximate surface area is 160 Å². The van der Waals surface area contributed by atoms with Gasteiger partial charge in [-0.3, -0.25) is 0 Å². The van der Waals surface area contributed by atoms with Crippen LogP contribution in [0.2, 0.25) is 0 Å². The Morgan fingerprint density at radius 3 is 2.48 bits per heavy atom. The molecule has 3 rings (SSSR count). The lowest BCUT2D eigenvalue weighted by Gasteiger charge is -2.06. The first-order chi connectivity index (χ1) is 13.0. The summed E-state index contributed by atoms with van der Waals surface area (Å²) in [5, 5.41) is 21.2. The largest absolute Gasteiger partial charge is 0.506 e. The molecule has 27 heavy (non-hydrogen) atoms. The van der Waals surface area contributed by atoms with Crippen LogP contribution in [0, 0.1) is 0 Å². The topological polar surface area (TPSA) is 88.4 Å². The molecule has 138 valence electrons.